The lowest BCUT2D eigenvalue weighted by Gasteiger charge is -2.16. The fourth-order valence-corrected chi connectivity index (χ4v) is 8.47. The average molecular weight is 694 g/mol. The Balaban J connectivity index is 1.45. The highest BCUT2D eigenvalue weighted by Gasteiger charge is 2.31. The maximum absolute atomic E-state index is 5.84. The highest BCUT2D eigenvalue weighted by molar-refractivity contribution is 6.12. The molecule has 0 atom stereocenters. The largest absolute Gasteiger partial charge is 0.280 e. The van der Waals surface area contributed by atoms with E-state index in [1.165, 1.54) is 11.1 Å². The van der Waals surface area contributed by atoms with Crippen LogP contribution in [-0.4, -0.2) is 15.0 Å². The van der Waals surface area contributed by atoms with Crippen LogP contribution in [0, 0.1) is 13.8 Å². The van der Waals surface area contributed by atoms with Gasteiger partial charge in [0.1, 0.15) is 22.1 Å². The Morgan fingerprint density at radius 2 is 0.759 bits per heavy atom. The maximum atomic E-state index is 5.84. The molecule has 0 saturated carbocycles. The van der Waals surface area contributed by atoms with Crippen LogP contribution in [0.1, 0.15) is 11.1 Å². The number of hydrogen-bond donors (Lipinski definition) is 2. The topological polar surface area (TPSA) is 52.7 Å². The van der Waals surface area contributed by atoms with Crippen LogP contribution in [0.2, 0.25) is 0 Å². The molecule has 0 unspecified atom stereocenters. The van der Waals surface area contributed by atoms with E-state index in [0.717, 1.165) is 99.9 Å². The van der Waals surface area contributed by atoms with E-state index in [4.69, 9.17) is 4.98 Å². The number of nitrogens with zero attached hydrogens (tertiary/aromatic N) is 3. The second-order valence-electron chi connectivity index (χ2n) is 14.3. The van der Waals surface area contributed by atoms with Gasteiger partial charge < -0.3 is 0 Å². The number of rotatable bonds is 4. The number of aromatic amines is 2. The van der Waals surface area contributed by atoms with Crippen LogP contribution in [0.5, 0.6) is 0 Å². The highest BCUT2D eigenvalue weighted by atomic mass is 15.1. The molecule has 0 amide bonds. The van der Waals surface area contributed by atoms with Crippen LogP contribution in [0.25, 0.3) is 99.9 Å². The number of nitrogens with one attached hydrogen (secondary N) is 2. The number of fused-ring (bicyclic) bond motifs is 10. The average Bonchev–Trinajstić information content (AvgIpc) is 3.80. The van der Waals surface area contributed by atoms with E-state index in [-0.39, 0.29) is 0 Å². The van der Waals surface area contributed by atoms with Crippen LogP contribution >= 0.6 is 0 Å². The summed E-state index contributed by atoms with van der Waals surface area (Å²) >= 11 is 0. The molecule has 0 saturated heterocycles. The van der Waals surface area contributed by atoms with Gasteiger partial charge in [-0.1, -0.05) is 150 Å². The molecule has 5 heterocycles. The monoisotopic (exact) mass is 693 g/mol. The molecule has 11 rings (SSSR count). The van der Waals surface area contributed by atoms with Crippen molar-refractivity contribution < 1.29 is 8.80 Å². The van der Waals surface area contributed by atoms with Crippen molar-refractivity contribution in [2.24, 2.45) is 0 Å². The summed E-state index contributed by atoms with van der Waals surface area (Å²) in [7, 11) is 0. The molecule has 6 aromatic carbocycles. The van der Waals surface area contributed by atoms with Gasteiger partial charge in [-0.05, 0) is 66.4 Å². The zero-order valence-electron chi connectivity index (χ0n) is 29.9. The van der Waals surface area contributed by atoms with Gasteiger partial charge in [0.15, 0.2) is 0 Å². The fraction of sp³-hybridized carbons (Fsp3) is 0.0408. The second kappa shape index (κ2) is 11.7. The maximum Gasteiger partial charge on any atom is 0.280 e. The molecule has 5 nitrogen and oxygen atoms in total. The Kier molecular flexibility index (Phi) is 6.61. The van der Waals surface area contributed by atoms with Gasteiger partial charge >= 0.3 is 0 Å². The second-order valence-corrected chi connectivity index (χ2v) is 14.3. The zero-order chi connectivity index (χ0) is 35.9. The number of benzene rings is 6. The van der Waals surface area contributed by atoms with Gasteiger partial charge in [0.2, 0.25) is 11.3 Å². The van der Waals surface area contributed by atoms with Crippen molar-refractivity contribution >= 4 is 55.4 Å². The summed E-state index contributed by atoms with van der Waals surface area (Å²) in [5.74, 6) is 0. The lowest BCUT2D eigenvalue weighted by Crippen LogP contribution is -2.28. The lowest BCUT2D eigenvalue weighted by molar-refractivity contribution is -0.459. The number of pyridine rings is 3. The van der Waals surface area contributed by atoms with Crippen molar-refractivity contribution in [3.8, 4) is 44.5 Å². The van der Waals surface area contributed by atoms with Gasteiger partial charge in [0, 0.05) is 11.1 Å². The Bertz CT molecular complexity index is 3030. The predicted molar refractivity (Wildman–Crippen MR) is 221 cm³/mol. The third kappa shape index (κ3) is 4.48. The first-order chi connectivity index (χ1) is 26.6. The van der Waals surface area contributed by atoms with Crippen molar-refractivity contribution in [1.29, 1.82) is 0 Å². The van der Waals surface area contributed by atoms with Crippen LogP contribution in [0.15, 0.2) is 164 Å². The third-order valence-electron chi connectivity index (χ3n) is 11.0. The molecule has 2 N–H and O–H groups in total. The summed E-state index contributed by atoms with van der Waals surface area (Å²) in [5, 5.41) is 2.17. The highest BCUT2D eigenvalue weighted by Crippen LogP contribution is 2.44. The Labute approximate surface area is 311 Å². The molecule has 11 aromatic rings. The van der Waals surface area contributed by atoms with Crippen molar-refractivity contribution in [2.75, 3.05) is 0 Å². The van der Waals surface area contributed by atoms with Gasteiger partial charge in [0.25, 0.3) is 11.3 Å². The molecule has 0 aliphatic carbocycles. The molecule has 0 aliphatic heterocycles. The molecule has 54 heavy (non-hydrogen) atoms. The van der Waals surface area contributed by atoms with E-state index in [1.54, 1.807) is 0 Å². The normalized spacial score (nSPS) is 11.9. The van der Waals surface area contributed by atoms with Gasteiger partial charge in [-0.25, -0.2) is 0 Å². The summed E-state index contributed by atoms with van der Waals surface area (Å²) in [6.45, 7) is 4.29. The Hall–Kier alpha value is -7.11. The minimum atomic E-state index is 0.895. The predicted octanol–water partition coefficient (Wildman–Crippen LogP) is 11.1. The minimum absolute atomic E-state index is 0.895. The lowest BCUT2D eigenvalue weighted by atomic mass is 9.89. The van der Waals surface area contributed by atoms with E-state index in [1.807, 2.05) is 0 Å². The molecule has 0 radical (unpaired) electrons. The van der Waals surface area contributed by atoms with Crippen LogP contribution in [0.4, 0.5) is 0 Å². The molecule has 254 valence electrons. The van der Waals surface area contributed by atoms with Crippen LogP contribution in [0.3, 0.4) is 0 Å². The summed E-state index contributed by atoms with van der Waals surface area (Å²) in [5.41, 5.74) is 19.7. The molecule has 5 heteroatoms. The first kappa shape index (κ1) is 30.5. The van der Waals surface area contributed by atoms with Gasteiger partial charge in [-0.15, -0.1) is 0 Å². The number of aryl methyl sites for hydroxylation is 2. The van der Waals surface area contributed by atoms with E-state index >= 15 is 0 Å². The van der Waals surface area contributed by atoms with Gasteiger partial charge in [0.05, 0.1) is 21.9 Å². The molecule has 0 bridgehead atoms. The van der Waals surface area contributed by atoms with E-state index in [0.29, 0.717) is 0 Å². The van der Waals surface area contributed by atoms with Crippen molar-refractivity contribution in [2.45, 2.75) is 13.8 Å². The fourth-order valence-electron chi connectivity index (χ4n) is 8.47. The van der Waals surface area contributed by atoms with Crippen LogP contribution < -0.4 is 8.80 Å². The zero-order valence-corrected chi connectivity index (χ0v) is 29.9. The number of aromatic nitrogens is 5. The number of H-pyrrole nitrogens is 2. The van der Waals surface area contributed by atoms with Crippen molar-refractivity contribution in [3.63, 3.8) is 0 Å². The summed E-state index contributed by atoms with van der Waals surface area (Å²) < 4.78 is 4.67. The molecule has 0 aliphatic rings. The first-order valence-electron chi connectivity index (χ1n) is 18.5. The molecular formula is C49H35N5+2. The van der Waals surface area contributed by atoms with E-state index in [2.05, 4.69) is 196 Å². The molecular weight excluding hydrogens is 659 g/mol. The number of para-hydroxylation sites is 4. The van der Waals surface area contributed by atoms with E-state index in [9.17, 15) is 0 Å². The molecule has 0 fully saturated rings. The summed E-state index contributed by atoms with van der Waals surface area (Å²) in [6.07, 6.45) is 0. The van der Waals surface area contributed by atoms with E-state index < -0.39 is 0 Å². The summed E-state index contributed by atoms with van der Waals surface area (Å²) in [4.78, 5) is 13.5. The number of hydrogen-bond acceptors (Lipinski definition) is 1. The summed E-state index contributed by atoms with van der Waals surface area (Å²) in [6, 6.07) is 59.0. The van der Waals surface area contributed by atoms with Gasteiger partial charge in [-0.2, -0.15) is 8.80 Å². The van der Waals surface area contributed by atoms with Crippen LogP contribution in [-0.2, 0) is 0 Å². The molecule has 5 aromatic heterocycles. The number of imidazole rings is 2. The van der Waals surface area contributed by atoms with Crippen molar-refractivity contribution in [1.82, 2.24) is 15.0 Å². The smallest absolute Gasteiger partial charge is 0.269 e. The van der Waals surface area contributed by atoms with Gasteiger partial charge in [-0.3, -0.25) is 9.97 Å². The third-order valence-corrected chi connectivity index (χ3v) is 11.0. The minimum Gasteiger partial charge on any atom is -0.269 e. The van der Waals surface area contributed by atoms with Crippen molar-refractivity contribution in [3.05, 3.63) is 175 Å². The Morgan fingerprint density at radius 3 is 1.19 bits per heavy atom. The SMILES string of the molecule is Cc1ccc(-c2c(-c3ccccc3)c3[nH]c4ccccc4[n+]3c3nc4c(cc23)c(-c2ccc(C)cc2)c(-c2ccccc2)c2[nH]c3ccccc3[n+]24)cc1. The standard InChI is InChI=1S/C49H33N5/c1-30-21-25-34(26-22-30)42-36-29-37-43(35-27-23-31(2)24-28-35)45(33-15-7-4-8-16-33)49-51-39-18-10-12-20-41(39)54(49)47(37)52-46(36)53-40-19-11-9-17-38(40)50-48(53)44(42)32-13-5-3-6-14-32/h3-29H,1-2H3/p+2. The Morgan fingerprint density at radius 1 is 0.389 bits per heavy atom. The molecule has 0 spiro atoms. The quantitative estimate of drug-likeness (QED) is 0.140. The first-order valence-corrected chi connectivity index (χ1v) is 18.5.